The van der Waals surface area contributed by atoms with Crippen LogP contribution in [0, 0.1) is 5.92 Å². The summed E-state index contributed by atoms with van der Waals surface area (Å²) in [7, 11) is 0. The highest BCUT2D eigenvalue weighted by molar-refractivity contribution is 5.80. The quantitative estimate of drug-likeness (QED) is 0.636. The zero-order valence-corrected chi connectivity index (χ0v) is 7.13. The molecule has 0 aliphatic carbocycles. The molecular formula is C7H15NO3. The fraction of sp³-hybridized carbons (Fsp3) is 0.714. The van der Waals surface area contributed by atoms with Crippen LogP contribution in [0.15, 0.2) is 0 Å². The van der Waals surface area contributed by atoms with Crippen molar-refractivity contribution < 1.29 is 14.7 Å². The van der Waals surface area contributed by atoms with Gasteiger partial charge >= 0.3 is 5.97 Å². The van der Waals surface area contributed by atoms with E-state index in [1.54, 1.807) is 0 Å². The Balaban J connectivity index is 0. The second kappa shape index (κ2) is 7.05. The lowest BCUT2D eigenvalue weighted by molar-refractivity contribution is -0.143. The van der Waals surface area contributed by atoms with E-state index in [4.69, 9.17) is 10.8 Å². The molecule has 0 rings (SSSR count). The number of nitrogens with two attached hydrogens (primary N) is 1. The summed E-state index contributed by atoms with van der Waals surface area (Å²) in [6, 6.07) is 0. The molecule has 0 radical (unpaired) electrons. The van der Waals surface area contributed by atoms with E-state index >= 15 is 0 Å². The highest BCUT2D eigenvalue weighted by atomic mass is 16.4. The number of amides is 1. The Bertz CT molecular complexity index is 134. The van der Waals surface area contributed by atoms with Crippen LogP contribution in [0.1, 0.15) is 27.2 Å². The van der Waals surface area contributed by atoms with E-state index in [-0.39, 0.29) is 6.42 Å². The number of hydrogen-bond donors (Lipinski definition) is 2. The number of carboxylic acids is 1. The highest BCUT2D eigenvalue weighted by Gasteiger charge is 2.12. The Hall–Kier alpha value is -1.06. The fourth-order valence-electron chi connectivity index (χ4n) is 0.389. The third-order valence-electron chi connectivity index (χ3n) is 0.929. The van der Waals surface area contributed by atoms with Crippen molar-refractivity contribution in [3.05, 3.63) is 0 Å². The predicted molar refractivity (Wildman–Crippen MR) is 42.0 cm³/mol. The molecule has 3 N–H and O–H groups in total. The highest BCUT2D eigenvalue weighted by Crippen LogP contribution is 1.98. The van der Waals surface area contributed by atoms with Gasteiger partial charge in [-0.15, -0.1) is 0 Å². The second-order valence-corrected chi connectivity index (χ2v) is 1.91. The first-order valence-corrected chi connectivity index (χ1v) is 3.55. The van der Waals surface area contributed by atoms with E-state index in [9.17, 15) is 9.59 Å². The van der Waals surface area contributed by atoms with Crippen molar-refractivity contribution in [2.75, 3.05) is 0 Å². The Morgan fingerprint density at radius 3 is 1.91 bits per heavy atom. The number of carbonyl (C=O) groups is 2. The van der Waals surface area contributed by atoms with Gasteiger partial charge in [-0.1, -0.05) is 20.8 Å². The molecule has 0 aliphatic rings. The van der Waals surface area contributed by atoms with Gasteiger partial charge in [0.05, 0.1) is 5.92 Å². The lowest BCUT2D eigenvalue weighted by Crippen LogP contribution is -2.19. The lowest BCUT2D eigenvalue weighted by atomic mass is 10.1. The zero-order chi connectivity index (χ0) is 9.44. The van der Waals surface area contributed by atoms with Crippen LogP contribution in [-0.2, 0) is 9.59 Å². The van der Waals surface area contributed by atoms with Crippen molar-refractivity contribution in [1.82, 2.24) is 0 Å². The third kappa shape index (κ3) is 8.94. The molecule has 0 aromatic rings. The number of aliphatic carboxylic acids is 1. The van der Waals surface area contributed by atoms with E-state index in [1.807, 2.05) is 13.8 Å². The summed E-state index contributed by atoms with van der Waals surface area (Å²) >= 11 is 0. The van der Waals surface area contributed by atoms with Crippen LogP contribution < -0.4 is 5.73 Å². The summed E-state index contributed by atoms with van der Waals surface area (Å²) in [4.78, 5) is 20.1. The average Bonchev–Trinajstić information content (AvgIpc) is 1.90. The number of hydrogen-bond acceptors (Lipinski definition) is 2. The Kier molecular flexibility index (Phi) is 8.08. The van der Waals surface area contributed by atoms with Gasteiger partial charge in [0.1, 0.15) is 0 Å². The van der Waals surface area contributed by atoms with Crippen LogP contribution in [0.4, 0.5) is 0 Å². The summed E-state index contributed by atoms with van der Waals surface area (Å²) in [6.07, 6.45) is -0.0880. The first kappa shape index (κ1) is 12.6. The molecule has 0 saturated carbocycles. The van der Waals surface area contributed by atoms with E-state index in [1.165, 1.54) is 6.92 Å². The molecule has 4 nitrogen and oxygen atoms in total. The molecule has 0 aromatic heterocycles. The molecule has 66 valence electrons. The van der Waals surface area contributed by atoms with Gasteiger partial charge in [-0.25, -0.2) is 0 Å². The van der Waals surface area contributed by atoms with Crippen molar-refractivity contribution in [3.63, 3.8) is 0 Å². The van der Waals surface area contributed by atoms with Crippen LogP contribution in [0.5, 0.6) is 0 Å². The molecule has 0 bridgehead atoms. The number of carboxylic acid groups (broad SMARTS) is 1. The van der Waals surface area contributed by atoms with Crippen LogP contribution in [0.25, 0.3) is 0 Å². The molecular weight excluding hydrogens is 146 g/mol. The van der Waals surface area contributed by atoms with Crippen molar-refractivity contribution in [1.29, 1.82) is 0 Å². The predicted octanol–water partition coefficient (Wildman–Crippen LogP) is 0.609. The zero-order valence-electron chi connectivity index (χ0n) is 7.13. The van der Waals surface area contributed by atoms with Crippen LogP contribution in [-0.4, -0.2) is 17.0 Å². The molecule has 0 aromatic carbocycles. The third-order valence-corrected chi connectivity index (χ3v) is 0.929. The molecule has 0 heterocycles. The Morgan fingerprint density at radius 2 is 1.82 bits per heavy atom. The fourth-order valence-corrected chi connectivity index (χ4v) is 0.389. The molecule has 4 heteroatoms. The second-order valence-electron chi connectivity index (χ2n) is 1.91. The van der Waals surface area contributed by atoms with E-state index in [0.717, 1.165) is 0 Å². The standard InChI is InChI=1S/C5H9NO3.C2H6/c1-3(5(8)9)2-4(6)7;1-2/h3H,2H2,1H3,(H2,6,7)(H,8,9);1-2H3. The van der Waals surface area contributed by atoms with Gasteiger partial charge in [0, 0.05) is 6.42 Å². The van der Waals surface area contributed by atoms with Gasteiger partial charge in [-0.2, -0.15) is 0 Å². The van der Waals surface area contributed by atoms with Gasteiger partial charge in [0.25, 0.3) is 0 Å². The van der Waals surface area contributed by atoms with Crippen LogP contribution in [0.2, 0.25) is 0 Å². The summed E-state index contributed by atoms with van der Waals surface area (Å²) in [6.45, 7) is 5.44. The lowest BCUT2D eigenvalue weighted by Gasteiger charge is -1.99. The Labute approximate surface area is 66.4 Å². The topological polar surface area (TPSA) is 80.4 Å². The molecule has 1 unspecified atom stereocenters. The van der Waals surface area contributed by atoms with E-state index in [0.29, 0.717) is 0 Å². The molecule has 1 amide bonds. The van der Waals surface area contributed by atoms with Gasteiger partial charge in [0.2, 0.25) is 5.91 Å². The van der Waals surface area contributed by atoms with Crippen LogP contribution >= 0.6 is 0 Å². The molecule has 11 heavy (non-hydrogen) atoms. The summed E-state index contributed by atoms with van der Waals surface area (Å²) in [5.74, 6) is -2.23. The van der Waals surface area contributed by atoms with Gasteiger partial charge in [-0.05, 0) is 0 Å². The van der Waals surface area contributed by atoms with Gasteiger partial charge in [-0.3, -0.25) is 9.59 Å². The smallest absolute Gasteiger partial charge is 0.306 e. The molecule has 0 saturated heterocycles. The minimum atomic E-state index is -0.992. The molecule has 0 aliphatic heterocycles. The number of primary amides is 1. The molecule has 0 spiro atoms. The van der Waals surface area contributed by atoms with Gasteiger partial charge in [0.15, 0.2) is 0 Å². The summed E-state index contributed by atoms with van der Waals surface area (Å²) in [5, 5.41) is 8.22. The SMILES string of the molecule is CC.CC(CC(N)=O)C(=O)O. The van der Waals surface area contributed by atoms with E-state index < -0.39 is 17.8 Å². The maximum atomic E-state index is 10.1. The first-order valence-electron chi connectivity index (χ1n) is 3.55. The largest absolute Gasteiger partial charge is 0.481 e. The average molecular weight is 161 g/mol. The minimum absolute atomic E-state index is 0.0880. The summed E-state index contributed by atoms with van der Waals surface area (Å²) < 4.78 is 0. The minimum Gasteiger partial charge on any atom is -0.481 e. The molecule has 1 atom stereocenters. The van der Waals surface area contributed by atoms with Crippen molar-refractivity contribution >= 4 is 11.9 Å². The summed E-state index contributed by atoms with van der Waals surface area (Å²) in [5.41, 5.74) is 4.73. The van der Waals surface area contributed by atoms with Gasteiger partial charge < -0.3 is 10.8 Å². The van der Waals surface area contributed by atoms with Crippen molar-refractivity contribution in [3.8, 4) is 0 Å². The van der Waals surface area contributed by atoms with Crippen molar-refractivity contribution in [2.24, 2.45) is 11.7 Å². The Morgan fingerprint density at radius 1 is 1.45 bits per heavy atom. The van der Waals surface area contributed by atoms with E-state index in [2.05, 4.69) is 0 Å². The van der Waals surface area contributed by atoms with Crippen molar-refractivity contribution in [2.45, 2.75) is 27.2 Å². The maximum absolute atomic E-state index is 10.1. The maximum Gasteiger partial charge on any atom is 0.306 e. The normalized spacial score (nSPS) is 10.8. The number of rotatable bonds is 3. The van der Waals surface area contributed by atoms with Crippen LogP contribution in [0.3, 0.4) is 0 Å². The first-order chi connectivity index (χ1) is 5.04. The molecule has 0 fully saturated rings. The monoisotopic (exact) mass is 161 g/mol. The number of carbonyl (C=O) groups excluding carboxylic acids is 1.